The summed E-state index contributed by atoms with van der Waals surface area (Å²) in [4.78, 5) is 24.9. The van der Waals surface area contributed by atoms with E-state index < -0.39 is 0 Å². The van der Waals surface area contributed by atoms with E-state index in [9.17, 15) is 9.59 Å². The van der Waals surface area contributed by atoms with Gasteiger partial charge in [-0.05, 0) is 48.9 Å². The van der Waals surface area contributed by atoms with Gasteiger partial charge >= 0.3 is 0 Å². The molecule has 0 saturated heterocycles. The Morgan fingerprint density at radius 2 is 1.56 bits per heavy atom. The van der Waals surface area contributed by atoms with E-state index in [1.807, 2.05) is 31.2 Å². The molecule has 0 unspecified atom stereocenters. The van der Waals surface area contributed by atoms with Gasteiger partial charge in [0.05, 0.1) is 0 Å². The van der Waals surface area contributed by atoms with Gasteiger partial charge in [-0.3, -0.25) is 9.59 Å². The molecule has 0 heterocycles. The Bertz CT molecular complexity index is 985. The predicted molar refractivity (Wildman–Crippen MR) is 108 cm³/mol. The molecule has 0 aliphatic rings. The van der Waals surface area contributed by atoms with E-state index in [0.29, 0.717) is 28.4 Å². The van der Waals surface area contributed by atoms with Crippen LogP contribution in [0.15, 0.2) is 72.8 Å². The third-order valence-corrected chi connectivity index (χ3v) is 4.24. The summed E-state index contributed by atoms with van der Waals surface area (Å²) in [5.74, 6) is -0.528. The summed E-state index contributed by atoms with van der Waals surface area (Å²) in [6.07, 6.45) is 0. The Hall–Kier alpha value is -3.11. The lowest BCUT2D eigenvalue weighted by atomic mass is 10.1. The molecule has 0 aliphatic heterocycles. The number of carbonyl (C=O) groups excluding carboxylic acids is 2. The molecule has 4 nitrogen and oxygen atoms in total. The molecule has 0 atom stereocenters. The topological polar surface area (TPSA) is 58.2 Å². The van der Waals surface area contributed by atoms with Crippen molar-refractivity contribution in [3.05, 3.63) is 100 Å². The molecule has 3 rings (SSSR count). The predicted octanol–water partition coefficient (Wildman–Crippen LogP) is 4.83. The van der Waals surface area contributed by atoms with E-state index in [1.165, 1.54) is 0 Å². The second-order valence-corrected chi connectivity index (χ2v) is 6.65. The van der Waals surface area contributed by atoms with Crippen molar-refractivity contribution in [2.24, 2.45) is 0 Å². The van der Waals surface area contributed by atoms with Gasteiger partial charge in [-0.15, -0.1) is 0 Å². The molecule has 136 valence electrons. The molecule has 0 bridgehead atoms. The fraction of sp³-hybridized carbons (Fsp3) is 0.0909. The lowest BCUT2D eigenvalue weighted by molar-refractivity contribution is 0.0951. The zero-order chi connectivity index (χ0) is 19.2. The van der Waals surface area contributed by atoms with E-state index in [4.69, 9.17) is 11.6 Å². The van der Waals surface area contributed by atoms with E-state index in [-0.39, 0.29) is 11.8 Å². The highest BCUT2D eigenvalue weighted by atomic mass is 35.5. The van der Waals surface area contributed by atoms with Crippen molar-refractivity contribution in [2.45, 2.75) is 13.5 Å². The van der Waals surface area contributed by atoms with Crippen LogP contribution >= 0.6 is 11.6 Å². The van der Waals surface area contributed by atoms with Crippen LogP contribution in [0.5, 0.6) is 0 Å². The van der Waals surface area contributed by atoms with Crippen LogP contribution in [-0.2, 0) is 6.54 Å². The minimum Gasteiger partial charge on any atom is -0.348 e. The second kappa shape index (κ2) is 8.52. The first-order valence-electron chi connectivity index (χ1n) is 8.52. The van der Waals surface area contributed by atoms with Crippen molar-refractivity contribution in [1.82, 2.24) is 5.32 Å². The van der Waals surface area contributed by atoms with Crippen LogP contribution in [0, 0.1) is 6.92 Å². The zero-order valence-corrected chi connectivity index (χ0v) is 15.6. The van der Waals surface area contributed by atoms with Crippen molar-refractivity contribution < 1.29 is 9.59 Å². The van der Waals surface area contributed by atoms with Crippen molar-refractivity contribution >= 4 is 29.1 Å². The van der Waals surface area contributed by atoms with Gasteiger partial charge in [0.15, 0.2) is 0 Å². The van der Waals surface area contributed by atoms with Gasteiger partial charge in [-0.2, -0.15) is 0 Å². The van der Waals surface area contributed by atoms with Gasteiger partial charge in [0, 0.05) is 28.4 Å². The summed E-state index contributed by atoms with van der Waals surface area (Å²) in [6, 6.07) is 21.5. The third-order valence-electron chi connectivity index (χ3n) is 4.00. The SMILES string of the molecule is Cc1cccc(CNC(=O)c2cccc(C(=O)Nc3cccc(Cl)c3)c2)c1. The molecule has 0 radical (unpaired) electrons. The molecule has 0 saturated carbocycles. The van der Waals surface area contributed by atoms with Crippen LogP contribution in [0.25, 0.3) is 0 Å². The van der Waals surface area contributed by atoms with E-state index in [2.05, 4.69) is 10.6 Å². The highest BCUT2D eigenvalue weighted by Gasteiger charge is 2.11. The summed E-state index contributed by atoms with van der Waals surface area (Å²) < 4.78 is 0. The fourth-order valence-corrected chi connectivity index (χ4v) is 2.87. The van der Waals surface area contributed by atoms with Crippen LogP contribution in [0.3, 0.4) is 0 Å². The van der Waals surface area contributed by atoms with Crippen LogP contribution in [0.1, 0.15) is 31.8 Å². The standard InChI is InChI=1S/C22H19ClN2O2/c1-15-5-2-6-16(11-15)14-24-21(26)17-7-3-8-18(12-17)22(27)25-20-10-4-9-19(23)13-20/h2-13H,14H2,1H3,(H,24,26)(H,25,27). The maximum Gasteiger partial charge on any atom is 0.255 e. The first-order chi connectivity index (χ1) is 13.0. The minimum absolute atomic E-state index is 0.228. The molecule has 3 aromatic carbocycles. The molecule has 0 spiro atoms. The van der Waals surface area contributed by atoms with Crippen LogP contribution in [0.2, 0.25) is 5.02 Å². The Kier molecular flexibility index (Phi) is 5.89. The lowest BCUT2D eigenvalue weighted by Gasteiger charge is -2.09. The first-order valence-corrected chi connectivity index (χ1v) is 8.90. The van der Waals surface area contributed by atoms with Gasteiger partial charge in [-0.25, -0.2) is 0 Å². The second-order valence-electron chi connectivity index (χ2n) is 6.22. The average Bonchev–Trinajstić information content (AvgIpc) is 2.66. The fourth-order valence-electron chi connectivity index (χ4n) is 2.68. The van der Waals surface area contributed by atoms with Gasteiger partial charge in [0.25, 0.3) is 11.8 Å². The number of nitrogens with one attached hydrogen (secondary N) is 2. The Balaban J connectivity index is 1.67. The third kappa shape index (κ3) is 5.19. The normalized spacial score (nSPS) is 10.3. The van der Waals surface area contributed by atoms with Gasteiger partial charge in [-0.1, -0.05) is 53.6 Å². The molecule has 2 N–H and O–H groups in total. The van der Waals surface area contributed by atoms with Crippen LogP contribution in [0.4, 0.5) is 5.69 Å². The zero-order valence-electron chi connectivity index (χ0n) is 14.8. The summed E-state index contributed by atoms with van der Waals surface area (Å²) in [6.45, 7) is 2.44. The molecule has 5 heteroatoms. The Labute approximate surface area is 163 Å². The number of hydrogen-bond acceptors (Lipinski definition) is 2. The molecule has 0 aliphatic carbocycles. The van der Waals surface area contributed by atoms with Gasteiger partial charge in [0.2, 0.25) is 0 Å². The van der Waals surface area contributed by atoms with Crippen LogP contribution < -0.4 is 10.6 Å². The molecular formula is C22H19ClN2O2. The Morgan fingerprint density at radius 1 is 0.852 bits per heavy atom. The highest BCUT2D eigenvalue weighted by Crippen LogP contribution is 2.16. The number of amides is 2. The van der Waals surface area contributed by atoms with Crippen molar-refractivity contribution in [1.29, 1.82) is 0 Å². The van der Waals surface area contributed by atoms with Crippen molar-refractivity contribution in [2.75, 3.05) is 5.32 Å². The maximum atomic E-state index is 12.4. The molecular weight excluding hydrogens is 360 g/mol. The number of anilines is 1. The van der Waals surface area contributed by atoms with Gasteiger partial charge in [0.1, 0.15) is 0 Å². The molecule has 27 heavy (non-hydrogen) atoms. The van der Waals surface area contributed by atoms with E-state index in [1.54, 1.807) is 48.5 Å². The smallest absolute Gasteiger partial charge is 0.255 e. The summed E-state index contributed by atoms with van der Waals surface area (Å²) in [5, 5.41) is 6.19. The number of halogens is 1. The quantitative estimate of drug-likeness (QED) is 0.668. The highest BCUT2D eigenvalue weighted by molar-refractivity contribution is 6.31. The van der Waals surface area contributed by atoms with E-state index >= 15 is 0 Å². The average molecular weight is 379 g/mol. The van der Waals surface area contributed by atoms with Crippen molar-refractivity contribution in [3.8, 4) is 0 Å². The molecule has 2 amide bonds. The van der Waals surface area contributed by atoms with Gasteiger partial charge < -0.3 is 10.6 Å². The first kappa shape index (κ1) is 18.7. The van der Waals surface area contributed by atoms with Crippen molar-refractivity contribution in [3.63, 3.8) is 0 Å². The minimum atomic E-state index is -0.300. The monoisotopic (exact) mass is 378 g/mol. The summed E-state index contributed by atoms with van der Waals surface area (Å²) in [7, 11) is 0. The van der Waals surface area contributed by atoms with Crippen LogP contribution in [-0.4, -0.2) is 11.8 Å². The summed E-state index contributed by atoms with van der Waals surface area (Å²) in [5.41, 5.74) is 3.60. The summed E-state index contributed by atoms with van der Waals surface area (Å²) >= 11 is 5.93. The number of rotatable bonds is 5. The Morgan fingerprint density at radius 3 is 2.30 bits per heavy atom. The van der Waals surface area contributed by atoms with E-state index in [0.717, 1.165) is 11.1 Å². The molecule has 0 aromatic heterocycles. The largest absolute Gasteiger partial charge is 0.348 e. The molecule has 3 aromatic rings. The number of benzene rings is 3. The lowest BCUT2D eigenvalue weighted by Crippen LogP contribution is -2.23. The molecule has 0 fully saturated rings. The number of carbonyl (C=O) groups is 2. The maximum absolute atomic E-state index is 12.4. The number of aryl methyl sites for hydroxylation is 1. The number of hydrogen-bond donors (Lipinski definition) is 2.